The zero-order valence-corrected chi connectivity index (χ0v) is 12.1. The maximum Gasteiger partial charge on any atom is 0.174 e. The van der Waals surface area contributed by atoms with Crippen LogP contribution < -0.4 is 10.1 Å². The Kier molecular flexibility index (Phi) is 6.99. The van der Waals surface area contributed by atoms with Crippen LogP contribution in [0.5, 0.6) is 5.75 Å². The number of nitrogens with one attached hydrogen (secondary N) is 1. The van der Waals surface area contributed by atoms with Crippen LogP contribution in [-0.4, -0.2) is 12.6 Å². The first-order valence-electron chi connectivity index (χ1n) is 6.94. The van der Waals surface area contributed by atoms with E-state index in [9.17, 15) is 0 Å². The van der Waals surface area contributed by atoms with Gasteiger partial charge in [0.2, 0.25) is 0 Å². The Morgan fingerprint density at radius 1 is 1.21 bits per heavy atom. The number of ether oxygens (including phenoxy) is 1. The summed E-state index contributed by atoms with van der Waals surface area (Å²) in [4.78, 5) is 0. The minimum absolute atomic E-state index is 0.0971. The molecule has 0 heterocycles. The zero-order chi connectivity index (χ0) is 14.1. The van der Waals surface area contributed by atoms with Crippen LogP contribution in [0, 0.1) is 17.2 Å². The lowest BCUT2D eigenvalue weighted by Gasteiger charge is -2.16. The third-order valence-electron chi connectivity index (χ3n) is 3.08. The molecule has 0 radical (unpaired) electrons. The number of hydrogen-bond donors (Lipinski definition) is 1. The standard InChI is InChI=1S/C16H24N2O/c1-13(2)8-9-14(3)18-12-15-6-4-5-7-16(15)19-11-10-17/h4-7,13-14,18H,8-9,11-12H2,1-3H3. The third kappa shape index (κ3) is 6.26. The fourth-order valence-corrected chi connectivity index (χ4v) is 1.87. The molecule has 0 spiro atoms. The molecule has 1 atom stereocenters. The van der Waals surface area contributed by atoms with Crippen molar-refractivity contribution >= 4 is 0 Å². The molecule has 0 amide bonds. The Morgan fingerprint density at radius 2 is 1.95 bits per heavy atom. The van der Waals surface area contributed by atoms with Crippen molar-refractivity contribution in [3.63, 3.8) is 0 Å². The zero-order valence-electron chi connectivity index (χ0n) is 12.1. The van der Waals surface area contributed by atoms with E-state index in [0.717, 1.165) is 23.8 Å². The molecule has 0 saturated heterocycles. The largest absolute Gasteiger partial charge is 0.478 e. The lowest BCUT2D eigenvalue weighted by Crippen LogP contribution is -2.26. The molecule has 1 rings (SSSR count). The highest BCUT2D eigenvalue weighted by Crippen LogP contribution is 2.18. The predicted molar refractivity (Wildman–Crippen MR) is 77.9 cm³/mol. The quantitative estimate of drug-likeness (QED) is 0.778. The van der Waals surface area contributed by atoms with E-state index in [1.54, 1.807) is 0 Å². The fourth-order valence-electron chi connectivity index (χ4n) is 1.87. The van der Waals surface area contributed by atoms with Crippen LogP contribution >= 0.6 is 0 Å². The van der Waals surface area contributed by atoms with Crippen LogP contribution in [0.15, 0.2) is 24.3 Å². The highest BCUT2D eigenvalue weighted by molar-refractivity contribution is 5.33. The van der Waals surface area contributed by atoms with Gasteiger partial charge in [-0.25, -0.2) is 0 Å². The van der Waals surface area contributed by atoms with Crippen LogP contribution in [0.1, 0.15) is 39.2 Å². The van der Waals surface area contributed by atoms with Gasteiger partial charge < -0.3 is 10.1 Å². The topological polar surface area (TPSA) is 45.0 Å². The van der Waals surface area contributed by atoms with Gasteiger partial charge in [-0.2, -0.15) is 5.26 Å². The van der Waals surface area contributed by atoms with E-state index in [1.165, 1.54) is 12.8 Å². The number of nitriles is 1. The van der Waals surface area contributed by atoms with Crippen molar-refractivity contribution in [2.75, 3.05) is 6.61 Å². The molecule has 0 aliphatic rings. The van der Waals surface area contributed by atoms with Crippen molar-refractivity contribution in [2.24, 2.45) is 5.92 Å². The van der Waals surface area contributed by atoms with Gasteiger partial charge >= 0.3 is 0 Å². The predicted octanol–water partition coefficient (Wildman–Crippen LogP) is 3.50. The molecule has 0 saturated carbocycles. The lowest BCUT2D eigenvalue weighted by molar-refractivity contribution is 0.360. The molecule has 1 unspecified atom stereocenters. The smallest absolute Gasteiger partial charge is 0.174 e. The Bertz CT molecular complexity index is 409. The number of rotatable bonds is 8. The maximum absolute atomic E-state index is 8.57. The van der Waals surface area contributed by atoms with Crippen molar-refractivity contribution in [2.45, 2.75) is 46.2 Å². The van der Waals surface area contributed by atoms with Crippen LogP contribution in [0.2, 0.25) is 0 Å². The molecule has 0 aromatic heterocycles. The number of benzene rings is 1. The SMILES string of the molecule is CC(C)CCC(C)NCc1ccccc1OCC#N. The molecular weight excluding hydrogens is 236 g/mol. The van der Waals surface area contributed by atoms with E-state index < -0.39 is 0 Å². The second kappa shape index (κ2) is 8.55. The molecule has 1 aromatic carbocycles. The van der Waals surface area contributed by atoms with E-state index in [1.807, 2.05) is 30.3 Å². The van der Waals surface area contributed by atoms with Gasteiger partial charge in [-0.05, 0) is 31.7 Å². The molecule has 104 valence electrons. The minimum Gasteiger partial charge on any atom is -0.478 e. The minimum atomic E-state index is 0.0971. The third-order valence-corrected chi connectivity index (χ3v) is 3.08. The molecule has 0 bridgehead atoms. The normalized spacial score (nSPS) is 12.2. The van der Waals surface area contributed by atoms with Gasteiger partial charge in [0, 0.05) is 18.2 Å². The molecular formula is C16H24N2O. The van der Waals surface area contributed by atoms with Crippen molar-refractivity contribution < 1.29 is 4.74 Å². The van der Waals surface area contributed by atoms with Gasteiger partial charge in [0.05, 0.1) is 0 Å². The number of hydrogen-bond acceptors (Lipinski definition) is 3. The summed E-state index contributed by atoms with van der Waals surface area (Å²) in [5.74, 6) is 1.54. The molecule has 0 fully saturated rings. The maximum atomic E-state index is 8.57. The van der Waals surface area contributed by atoms with Crippen molar-refractivity contribution in [1.82, 2.24) is 5.32 Å². The van der Waals surface area contributed by atoms with E-state index in [0.29, 0.717) is 6.04 Å². The van der Waals surface area contributed by atoms with Crippen molar-refractivity contribution in [1.29, 1.82) is 5.26 Å². The summed E-state index contributed by atoms with van der Waals surface area (Å²) in [6.45, 7) is 7.58. The van der Waals surface area contributed by atoms with Gasteiger partial charge in [-0.3, -0.25) is 0 Å². The first-order chi connectivity index (χ1) is 9.13. The van der Waals surface area contributed by atoms with E-state index in [2.05, 4.69) is 26.1 Å². The Labute approximate surface area is 116 Å². The summed E-state index contributed by atoms with van der Waals surface area (Å²) in [6.07, 6.45) is 2.42. The van der Waals surface area contributed by atoms with Gasteiger partial charge in [-0.15, -0.1) is 0 Å². The Hall–Kier alpha value is -1.53. The van der Waals surface area contributed by atoms with Gasteiger partial charge in [0.1, 0.15) is 11.8 Å². The molecule has 0 aliphatic heterocycles. The summed E-state index contributed by atoms with van der Waals surface area (Å²) >= 11 is 0. The van der Waals surface area contributed by atoms with Crippen LogP contribution in [0.25, 0.3) is 0 Å². The number of nitrogens with zero attached hydrogens (tertiary/aromatic N) is 1. The molecule has 0 aliphatic carbocycles. The van der Waals surface area contributed by atoms with Crippen molar-refractivity contribution in [3.05, 3.63) is 29.8 Å². The van der Waals surface area contributed by atoms with Crippen LogP contribution in [-0.2, 0) is 6.54 Å². The fraction of sp³-hybridized carbons (Fsp3) is 0.562. The summed E-state index contributed by atoms with van der Waals surface area (Å²) < 4.78 is 5.42. The first-order valence-corrected chi connectivity index (χ1v) is 6.94. The summed E-state index contributed by atoms with van der Waals surface area (Å²) in [7, 11) is 0. The van der Waals surface area contributed by atoms with Crippen molar-refractivity contribution in [3.8, 4) is 11.8 Å². The number of para-hydroxylation sites is 1. The molecule has 3 nitrogen and oxygen atoms in total. The lowest BCUT2D eigenvalue weighted by atomic mass is 10.0. The second-order valence-electron chi connectivity index (χ2n) is 5.31. The molecule has 3 heteroatoms. The molecule has 1 N–H and O–H groups in total. The van der Waals surface area contributed by atoms with E-state index in [-0.39, 0.29) is 6.61 Å². The highest BCUT2D eigenvalue weighted by atomic mass is 16.5. The Morgan fingerprint density at radius 3 is 2.63 bits per heavy atom. The van der Waals surface area contributed by atoms with E-state index >= 15 is 0 Å². The second-order valence-corrected chi connectivity index (χ2v) is 5.31. The average Bonchev–Trinajstić information content (AvgIpc) is 2.41. The summed E-state index contributed by atoms with van der Waals surface area (Å²) in [6, 6.07) is 10.4. The van der Waals surface area contributed by atoms with Gasteiger partial charge in [0.25, 0.3) is 0 Å². The molecule has 19 heavy (non-hydrogen) atoms. The van der Waals surface area contributed by atoms with Crippen LogP contribution in [0.4, 0.5) is 0 Å². The monoisotopic (exact) mass is 260 g/mol. The summed E-state index contributed by atoms with van der Waals surface area (Å²) in [5, 5.41) is 12.1. The average molecular weight is 260 g/mol. The summed E-state index contributed by atoms with van der Waals surface area (Å²) in [5.41, 5.74) is 1.11. The van der Waals surface area contributed by atoms with Gasteiger partial charge in [-0.1, -0.05) is 32.0 Å². The molecule has 1 aromatic rings. The first kappa shape index (κ1) is 15.5. The highest BCUT2D eigenvalue weighted by Gasteiger charge is 2.06. The Balaban J connectivity index is 2.46. The van der Waals surface area contributed by atoms with E-state index in [4.69, 9.17) is 10.00 Å². The van der Waals surface area contributed by atoms with Crippen LogP contribution in [0.3, 0.4) is 0 Å². The van der Waals surface area contributed by atoms with Gasteiger partial charge in [0.15, 0.2) is 6.61 Å².